The molecular weight excluding hydrogens is 392 g/mol. The Kier molecular flexibility index (Phi) is 4.49. The molecule has 1 unspecified atom stereocenters. The van der Waals surface area contributed by atoms with Crippen LogP contribution >= 0.6 is 15.9 Å². The summed E-state index contributed by atoms with van der Waals surface area (Å²) < 4.78 is 0.859. The summed E-state index contributed by atoms with van der Waals surface area (Å²) in [5.74, 6) is 0.590. The molecule has 1 atom stereocenters. The molecule has 2 aromatic rings. The van der Waals surface area contributed by atoms with Crippen LogP contribution in [-0.2, 0) is 9.59 Å². The van der Waals surface area contributed by atoms with E-state index in [9.17, 15) is 9.59 Å². The van der Waals surface area contributed by atoms with Gasteiger partial charge >= 0.3 is 0 Å². The minimum absolute atomic E-state index is 0.000205. The first-order valence-corrected chi connectivity index (χ1v) is 9.61. The van der Waals surface area contributed by atoms with Gasteiger partial charge in [-0.2, -0.15) is 0 Å². The summed E-state index contributed by atoms with van der Waals surface area (Å²) in [6.07, 6.45) is 4.04. The Balaban J connectivity index is 1.85. The average molecular weight is 411 g/mol. The van der Waals surface area contributed by atoms with Crippen molar-refractivity contribution in [3.63, 3.8) is 0 Å². The van der Waals surface area contributed by atoms with Gasteiger partial charge in [0.15, 0.2) is 5.78 Å². The maximum Gasteiger partial charge on any atom is 0.233 e. The molecule has 2 heterocycles. The van der Waals surface area contributed by atoms with E-state index in [-0.39, 0.29) is 17.6 Å². The van der Waals surface area contributed by atoms with E-state index in [4.69, 9.17) is 0 Å². The number of allylic oxidation sites excluding steroid dienone is 2. The highest BCUT2D eigenvalue weighted by Gasteiger charge is 2.40. The number of Topliss-reactive ketones (excluding diaryl/α,β-unsaturated/α-hetero) is 1. The number of hydrogen-bond acceptors (Lipinski definition) is 3. The molecule has 0 saturated carbocycles. The van der Waals surface area contributed by atoms with Gasteiger partial charge in [-0.3, -0.25) is 14.5 Å². The number of hydrogen-bond donors (Lipinski definition) is 0. The molecule has 1 aromatic heterocycles. The summed E-state index contributed by atoms with van der Waals surface area (Å²) >= 11 is 3.38. The Hall–Kier alpha value is -2.27. The van der Waals surface area contributed by atoms with E-state index < -0.39 is 0 Å². The number of rotatable bonds is 2. The fourth-order valence-corrected chi connectivity index (χ4v) is 4.17. The highest BCUT2D eigenvalue weighted by atomic mass is 79.9. The van der Waals surface area contributed by atoms with Gasteiger partial charge in [-0.25, -0.2) is 4.98 Å². The van der Waals surface area contributed by atoms with Crippen molar-refractivity contribution in [2.45, 2.75) is 38.5 Å². The lowest BCUT2D eigenvalue weighted by Gasteiger charge is -2.37. The lowest BCUT2D eigenvalue weighted by molar-refractivity contribution is -0.120. The third kappa shape index (κ3) is 3.01. The second-order valence-corrected chi connectivity index (χ2v) is 7.79. The molecule has 1 aliphatic carbocycles. The third-order valence-electron chi connectivity index (χ3n) is 5.06. The number of ketones is 1. The number of carbonyl (C=O) groups excluding carboxylic acids is 2. The van der Waals surface area contributed by atoms with Gasteiger partial charge in [0.1, 0.15) is 5.82 Å². The number of anilines is 1. The fourth-order valence-electron chi connectivity index (χ4n) is 3.93. The average Bonchev–Trinajstić information content (AvgIpc) is 2.62. The van der Waals surface area contributed by atoms with Crippen LogP contribution in [0.2, 0.25) is 0 Å². The molecule has 0 saturated heterocycles. The molecule has 5 heteroatoms. The summed E-state index contributed by atoms with van der Waals surface area (Å²) in [5.41, 5.74) is 3.81. The minimum Gasteiger partial charge on any atom is -0.294 e. The first-order chi connectivity index (χ1) is 12.5. The number of carbonyl (C=O) groups is 2. The van der Waals surface area contributed by atoms with E-state index in [2.05, 4.69) is 27.0 Å². The minimum atomic E-state index is -0.156. The number of pyridine rings is 1. The number of benzene rings is 1. The molecule has 1 aromatic carbocycles. The topological polar surface area (TPSA) is 50.3 Å². The van der Waals surface area contributed by atoms with Gasteiger partial charge in [0.25, 0.3) is 0 Å². The van der Waals surface area contributed by atoms with E-state index in [0.717, 1.165) is 39.7 Å². The van der Waals surface area contributed by atoms with Crippen molar-refractivity contribution in [2.24, 2.45) is 0 Å². The van der Waals surface area contributed by atoms with Crippen LogP contribution in [-0.4, -0.2) is 16.7 Å². The number of aryl methyl sites for hydroxylation is 1. The van der Waals surface area contributed by atoms with Crippen LogP contribution in [0.15, 0.2) is 58.3 Å². The van der Waals surface area contributed by atoms with E-state index >= 15 is 0 Å². The zero-order valence-electron chi connectivity index (χ0n) is 14.5. The number of nitrogens with zero attached hydrogens (tertiary/aromatic N) is 2. The van der Waals surface area contributed by atoms with E-state index in [0.29, 0.717) is 18.7 Å². The Morgan fingerprint density at radius 3 is 2.73 bits per heavy atom. The first kappa shape index (κ1) is 17.2. The highest BCUT2D eigenvalue weighted by Crippen LogP contribution is 2.43. The number of amides is 1. The number of aromatic nitrogens is 1. The van der Waals surface area contributed by atoms with Crippen LogP contribution in [0.1, 0.15) is 42.7 Å². The highest BCUT2D eigenvalue weighted by molar-refractivity contribution is 9.10. The van der Waals surface area contributed by atoms with Crippen molar-refractivity contribution >= 4 is 33.4 Å². The summed E-state index contributed by atoms with van der Waals surface area (Å²) in [4.78, 5) is 31.9. The van der Waals surface area contributed by atoms with Gasteiger partial charge < -0.3 is 0 Å². The van der Waals surface area contributed by atoms with Gasteiger partial charge in [0, 0.05) is 40.7 Å². The second kappa shape index (κ2) is 6.80. The molecule has 132 valence electrons. The van der Waals surface area contributed by atoms with Crippen molar-refractivity contribution in [1.29, 1.82) is 0 Å². The van der Waals surface area contributed by atoms with Gasteiger partial charge in [-0.15, -0.1) is 0 Å². The van der Waals surface area contributed by atoms with Crippen molar-refractivity contribution in [3.8, 4) is 0 Å². The molecule has 0 fully saturated rings. The van der Waals surface area contributed by atoms with Crippen LogP contribution in [0.4, 0.5) is 5.82 Å². The normalized spacial score (nSPS) is 20.4. The van der Waals surface area contributed by atoms with Gasteiger partial charge in [0.05, 0.1) is 0 Å². The van der Waals surface area contributed by atoms with E-state index in [1.807, 2.05) is 37.3 Å². The fraction of sp³-hybridized carbons (Fsp3) is 0.286. The third-order valence-corrected chi connectivity index (χ3v) is 5.53. The lowest BCUT2D eigenvalue weighted by atomic mass is 9.77. The second-order valence-electron chi connectivity index (χ2n) is 6.87. The molecule has 26 heavy (non-hydrogen) atoms. The molecule has 4 rings (SSSR count). The maximum absolute atomic E-state index is 13.0. The van der Waals surface area contributed by atoms with Crippen molar-refractivity contribution in [1.82, 2.24) is 4.98 Å². The van der Waals surface area contributed by atoms with Crippen molar-refractivity contribution < 1.29 is 9.59 Å². The Morgan fingerprint density at radius 2 is 2.00 bits per heavy atom. The van der Waals surface area contributed by atoms with Crippen LogP contribution < -0.4 is 4.90 Å². The molecule has 0 N–H and O–H groups in total. The lowest BCUT2D eigenvalue weighted by Crippen LogP contribution is -2.41. The Morgan fingerprint density at radius 1 is 1.15 bits per heavy atom. The largest absolute Gasteiger partial charge is 0.294 e. The summed E-state index contributed by atoms with van der Waals surface area (Å²) in [6, 6.07) is 11.8. The molecule has 0 bridgehead atoms. The molecular formula is C21H19BrN2O2. The quantitative estimate of drug-likeness (QED) is 0.721. The Bertz CT molecular complexity index is 918. The van der Waals surface area contributed by atoms with Crippen LogP contribution in [0.3, 0.4) is 0 Å². The van der Waals surface area contributed by atoms with Crippen LogP contribution in [0.5, 0.6) is 0 Å². The predicted octanol–water partition coefficient (Wildman–Crippen LogP) is 4.68. The van der Waals surface area contributed by atoms with Crippen LogP contribution in [0, 0.1) is 6.92 Å². The molecule has 1 amide bonds. The monoisotopic (exact) mass is 410 g/mol. The maximum atomic E-state index is 13.0. The molecule has 4 nitrogen and oxygen atoms in total. The summed E-state index contributed by atoms with van der Waals surface area (Å²) in [5, 5.41) is 0. The Labute approximate surface area is 161 Å². The van der Waals surface area contributed by atoms with Crippen molar-refractivity contribution in [3.05, 3.63) is 69.5 Å². The molecule has 2 aliphatic rings. The molecule has 0 radical (unpaired) electrons. The van der Waals surface area contributed by atoms with Gasteiger partial charge in [-0.05, 0) is 53.4 Å². The van der Waals surface area contributed by atoms with Crippen LogP contribution in [0.25, 0.3) is 0 Å². The standard InChI is InChI=1S/C21H19BrN2O2/c1-13-4-2-5-14(10-13)16-11-20(26)24(19-9-8-15(22)12-23-19)17-6-3-7-18(25)21(16)17/h2,4-5,8-10,12,16H,3,6-7,11H2,1H3. The van der Waals surface area contributed by atoms with E-state index in [1.54, 1.807) is 11.1 Å². The zero-order chi connectivity index (χ0) is 18.3. The summed E-state index contributed by atoms with van der Waals surface area (Å²) in [6.45, 7) is 2.03. The van der Waals surface area contributed by atoms with Gasteiger partial charge in [0.2, 0.25) is 5.91 Å². The number of halogens is 1. The predicted molar refractivity (Wildman–Crippen MR) is 104 cm³/mol. The summed E-state index contributed by atoms with van der Waals surface area (Å²) in [7, 11) is 0. The smallest absolute Gasteiger partial charge is 0.233 e. The van der Waals surface area contributed by atoms with Gasteiger partial charge in [-0.1, -0.05) is 29.8 Å². The van der Waals surface area contributed by atoms with Crippen molar-refractivity contribution in [2.75, 3.05) is 4.90 Å². The van der Waals surface area contributed by atoms with E-state index in [1.165, 1.54) is 0 Å². The first-order valence-electron chi connectivity index (χ1n) is 8.82. The molecule has 1 aliphatic heterocycles. The zero-order valence-corrected chi connectivity index (χ0v) is 16.1. The molecule has 0 spiro atoms. The SMILES string of the molecule is Cc1cccc(C2CC(=O)N(c3ccc(Br)cn3)C3=C2C(=O)CCC3)c1.